The van der Waals surface area contributed by atoms with Gasteiger partial charge in [-0.25, -0.2) is 9.18 Å². The van der Waals surface area contributed by atoms with Gasteiger partial charge in [-0.2, -0.15) is 0 Å². The normalized spacial score (nSPS) is 40.3. The van der Waals surface area contributed by atoms with Crippen molar-refractivity contribution in [2.45, 2.75) is 30.7 Å². The monoisotopic (exact) mass is 218 g/mol. The van der Waals surface area contributed by atoms with Gasteiger partial charge in [0.05, 0.1) is 25.3 Å². The van der Waals surface area contributed by atoms with E-state index >= 15 is 0 Å². The maximum Gasteiger partial charge on any atom is 0.408 e. The molecule has 2 fully saturated rings. The van der Waals surface area contributed by atoms with Gasteiger partial charge in [0.25, 0.3) is 0 Å². The van der Waals surface area contributed by atoms with Gasteiger partial charge in [0, 0.05) is 6.04 Å². The van der Waals surface area contributed by atoms with Gasteiger partial charge in [0.1, 0.15) is 6.17 Å². The Morgan fingerprint density at radius 1 is 1.60 bits per heavy atom. The number of piperidine rings is 1. The summed E-state index contributed by atoms with van der Waals surface area (Å²) in [5.41, 5.74) is 0. The summed E-state index contributed by atoms with van der Waals surface area (Å²) in [6.45, 7) is 0.524. The summed E-state index contributed by atoms with van der Waals surface area (Å²) in [5.74, 6) is 0. The zero-order valence-electron chi connectivity index (χ0n) is 8.52. The van der Waals surface area contributed by atoms with E-state index in [2.05, 4.69) is 5.32 Å². The summed E-state index contributed by atoms with van der Waals surface area (Å²) < 4.78 is 19.1. The second kappa shape index (κ2) is 3.94. The molecule has 0 spiro atoms. The van der Waals surface area contributed by atoms with E-state index in [1.54, 1.807) is 7.05 Å². The third kappa shape index (κ3) is 1.68. The zero-order valence-corrected chi connectivity index (χ0v) is 8.52. The number of ether oxygens (including phenoxy) is 1. The Kier molecular flexibility index (Phi) is 2.79. The number of amides is 1. The first-order chi connectivity index (χ1) is 7.15. The van der Waals surface area contributed by atoms with Crippen LogP contribution >= 0.6 is 0 Å². The minimum Gasteiger partial charge on any atom is -0.465 e. The molecule has 2 rings (SSSR count). The molecule has 0 aromatic carbocycles. The van der Waals surface area contributed by atoms with Crippen molar-refractivity contribution in [1.29, 1.82) is 0 Å². The molecule has 2 saturated heterocycles. The second-order valence-corrected chi connectivity index (χ2v) is 4.02. The summed E-state index contributed by atoms with van der Waals surface area (Å²) in [6, 6.07) is -1.14. The average molecular weight is 218 g/mol. The Bertz CT molecular complexity index is 264. The fourth-order valence-electron chi connectivity index (χ4n) is 2.45. The van der Waals surface area contributed by atoms with Gasteiger partial charge in [-0.05, 0) is 13.5 Å². The molecule has 2 aliphatic heterocycles. The van der Waals surface area contributed by atoms with Crippen LogP contribution in [0.15, 0.2) is 0 Å². The SMILES string of the molecule is CN[C@@H]1C[C@H]2COC[C@@H]([C@@H]1F)N2C(=O)O. The maximum absolute atomic E-state index is 13.9. The Hall–Kier alpha value is -0.880. The fraction of sp³-hybridized carbons (Fsp3) is 0.889. The molecule has 2 heterocycles. The fourth-order valence-corrected chi connectivity index (χ4v) is 2.45. The molecule has 0 radical (unpaired) electrons. The Labute approximate surface area is 87.2 Å². The molecule has 5 nitrogen and oxygen atoms in total. The first kappa shape index (κ1) is 10.6. The molecule has 86 valence electrons. The molecule has 4 atom stereocenters. The number of nitrogens with one attached hydrogen (secondary N) is 1. The van der Waals surface area contributed by atoms with E-state index < -0.39 is 18.3 Å². The van der Waals surface area contributed by atoms with Gasteiger partial charge in [0.2, 0.25) is 0 Å². The highest BCUT2D eigenvalue weighted by Gasteiger charge is 2.47. The van der Waals surface area contributed by atoms with Gasteiger partial charge >= 0.3 is 6.09 Å². The van der Waals surface area contributed by atoms with E-state index in [-0.39, 0.29) is 18.7 Å². The lowest BCUT2D eigenvalue weighted by atomic mass is 9.89. The standard InChI is InChI=1S/C9H15FN2O3/c1-11-6-2-5-3-15-4-7(8(6)10)12(5)9(13)14/h5-8,11H,2-4H2,1H3,(H,13,14)/t5-,6+,7-,8+/m0/s1. The molecule has 2 N–H and O–H groups in total. The molecule has 0 saturated carbocycles. The molecule has 6 heteroatoms. The average Bonchev–Trinajstić information content (AvgIpc) is 2.22. The number of halogens is 1. The van der Waals surface area contributed by atoms with Crippen molar-refractivity contribution >= 4 is 6.09 Å². The van der Waals surface area contributed by atoms with Crippen molar-refractivity contribution in [3.8, 4) is 0 Å². The van der Waals surface area contributed by atoms with Crippen LogP contribution in [0.4, 0.5) is 9.18 Å². The number of rotatable bonds is 1. The topological polar surface area (TPSA) is 61.8 Å². The van der Waals surface area contributed by atoms with E-state index in [1.807, 2.05) is 0 Å². The van der Waals surface area contributed by atoms with Crippen LogP contribution in [0.1, 0.15) is 6.42 Å². The van der Waals surface area contributed by atoms with Crippen LogP contribution in [0, 0.1) is 0 Å². The van der Waals surface area contributed by atoms with Crippen molar-refractivity contribution in [2.75, 3.05) is 20.3 Å². The van der Waals surface area contributed by atoms with Crippen LogP contribution in [0.5, 0.6) is 0 Å². The first-order valence-corrected chi connectivity index (χ1v) is 5.05. The maximum atomic E-state index is 13.9. The highest BCUT2D eigenvalue weighted by Crippen LogP contribution is 2.29. The third-order valence-electron chi connectivity index (χ3n) is 3.22. The van der Waals surface area contributed by atoms with E-state index in [1.165, 1.54) is 4.90 Å². The lowest BCUT2D eigenvalue weighted by Crippen LogP contribution is -2.67. The molecule has 2 bridgehead atoms. The minimum absolute atomic E-state index is 0.155. The zero-order chi connectivity index (χ0) is 11.0. The number of carboxylic acid groups (broad SMARTS) is 1. The van der Waals surface area contributed by atoms with Crippen LogP contribution < -0.4 is 5.32 Å². The lowest BCUT2D eigenvalue weighted by Gasteiger charge is -2.48. The van der Waals surface area contributed by atoms with Crippen molar-refractivity contribution in [2.24, 2.45) is 0 Å². The first-order valence-electron chi connectivity index (χ1n) is 5.05. The number of nitrogens with zero attached hydrogens (tertiary/aromatic N) is 1. The highest BCUT2D eigenvalue weighted by atomic mass is 19.1. The number of alkyl halides is 1. The quantitative estimate of drug-likeness (QED) is 0.653. The van der Waals surface area contributed by atoms with Crippen LogP contribution in [-0.4, -0.2) is 60.7 Å². The van der Waals surface area contributed by atoms with Crippen LogP contribution in [0.25, 0.3) is 0 Å². The van der Waals surface area contributed by atoms with Crippen molar-refractivity contribution in [3.05, 3.63) is 0 Å². The smallest absolute Gasteiger partial charge is 0.408 e. The van der Waals surface area contributed by atoms with Crippen LogP contribution in [0.2, 0.25) is 0 Å². The van der Waals surface area contributed by atoms with Gasteiger partial charge in [-0.3, -0.25) is 4.90 Å². The number of fused-ring (bicyclic) bond motifs is 2. The number of hydrogen-bond donors (Lipinski definition) is 2. The van der Waals surface area contributed by atoms with E-state index in [0.717, 1.165) is 0 Å². The predicted molar refractivity (Wildman–Crippen MR) is 50.6 cm³/mol. The van der Waals surface area contributed by atoms with Gasteiger partial charge < -0.3 is 15.2 Å². The predicted octanol–water partition coefficient (Wildman–Crippen LogP) is 0.0636. The molecule has 2 aliphatic rings. The molecule has 15 heavy (non-hydrogen) atoms. The van der Waals surface area contributed by atoms with Crippen molar-refractivity contribution < 1.29 is 19.0 Å². The summed E-state index contributed by atoms with van der Waals surface area (Å²) in [5, 5.41) is 11.9. The van der Waals surface area contributed by atoms with E-state index in [9.17, 15) is 9.18 Å². The third-order valence-corrected chi connectivity index (χ3v) is 3.22. The number of carbonyl (C=O) groups is 1. The molecule has 0 aliphatic carbocycles. The Morgan fingerprint density at radius 3 is 2.93 bits per heavy atom. The molecule has 0 aromatic heterocycles. The number of hydrogen-bond acceptors (Lipinski definition) is 3. The second-order valence-electron chi connectivity index (χ2n) is 4.02. The summed E-state index contributed by atoms with van der Waals surface area (Å²) in [4.78, 5) is 12.2. The van der Waals surface area contributed by atoms with E-state index in [0.29, 0.717) is 13.0 Å². The lowest BCUT2D eigenvalue weighted by molar-refractivity contribution is -0.0972. The molecular formula is C9H15FN2O3. The van der Waals surface area contributed by atoms with Gasteiger partial charge in [0.15, 0.2) is 0 Å². The molecule has 0 aromatic rings. The minimum atomic E-state index is -1.19. The van der Waals surface area contributed by atoms with Crippen LogP contribution in [0.3, 0.4) is 0 Å². The number of morpholine rings is 1. The molecule has 1 amide bonds. The largest absolute Gasteiger partial charge is 0.465 e. The molecular weight excluding hydrogens is 203 g/mol. The van der Waals surface area contributed by atoms with Crippen molar-refractivity contribution in [3.63, 3.8) is 0 Å². The van der Waals surface area contributed by atoms with E-state index in [4.69, 9.17) is 9.84 Å². The summed E-state index contributed by atoms with van der Waals surface area (Å²) in [6.07, 6.45) is -1.77. The Morgan fingerprint density at radius 2 is 2.33 bits per heavy atom. The Balaban J connectivity index is 2.20. The summed E-state index contributed by atoms with van der Waals surface area (Å²) in [7, 11) is 1.70. The highest BCUT2D eigenvalue weighted by molar-refractivity contribution is 5.66. The van der Waals surface area contributed by atoms with Gasteiger partial charge in [-0.1, -0.05) is 0 Å². The van der Waals surface area contributed by atoms with Crippen molar-refractivity contribution in [1.82, 2.24) is 10.2 Å². The van der Waals surface area contributed by atoms with Gasteiger partial charge in [-0.15, -0.1) is 0 Å². The summed E-state index contributed by atoms with van der Waals surface area (Å²) >= 11 is 0. The van der Waals surface area contributed by atoms with Crippen LogP contribution in [-0.2, 0) is 4.74 Å². The molecule has 0 unspecified atom stereocenters.